The van der Waals surface area contributed by atoms with Crippen LogP contribution < -0.4 is 4.90 Å². The van der Waals surface area contributed by atoms with Gasteiger partial charge in [0.2, 0.25) is 0 Å². The van der Waals surface area contributed by atoms with Gasteiger partial charge in [0.25, 0.3) is 0 Å². The van der Waals surface area contributed by atoms with Crippen molar-refractivity contribution in [1.29, 1.82) is 0 Å². The predicted octanol–water partition coefficient (Wildman–Crippen LogP) is 2.71. The first-order chi connectivity index (χ1) is 13.9. The zero-order valence-corrected chi connectivity index (χ0v) is 15.8. The molecule has 1 aliphatic heterocycles. The van der Waals surface area contributed by atoms with E-state index in [0.717, 1.165) is 49.4 Å². The van der Waals surface area contributed by atoms with Gasteiger partial charge >= 0.3 is 6.18 Å². The normalized spacial score (nSPS) is 15.7. The van der Waals surface area contributed by atoms with Crippen molar-refractivity contribution >= 4 is 5.82 Å². The number of rotatable bonds is 4. The van der Waals surface area contributed by atoms with Crippen LogP contribution in [0.1, 0.15) is 17.1 Å². The molecular weight excluding hydrogens is 383 g/mol. The summed E-state index contributed by atoms with van der Waals surface area (Å²) in [5.74, 6) is 2.24. The molecule has 0 saturated carbocycles. The van der Waals surface area contributed by atoms with Gasteiger partial charge in [-0.1, -0.05) is 6.07 Å². The summed E-state index contributed by atoms with van der Waals surface area (Å²) in [6, 6.07) is 6.28. The number of nitrogens with zero attached hydrogens (tertiary/aromatic N) is 7. The molecule has 0 spiro atoms. The van der Waals surface area contributed by atoms with Crippen LogP contribution >= 0.6 is 0 Å². The van der Waals surface area contributed by atoms with Crippen LogP contribution in [0.3, 0.4) is 0 Å². The van der Waals surface area contributed by atoms with E-state index >= 15 is 0 Å². The summed E-state index contributed by atoms with van der Waals surface area (Å²) in [6.45, 7) is 5.51. The lowest BCUT2D eigenvalue weighted by molar-refractivity contribution is -0.141. The van der Waals surface area contributed by atoms with Gasteiger partial charge in [-0.05, 0) is 24.6 Å². The molecule has 1 fully saturated rings. The van der Waals surface area contributed by atoms with Crippen LogP contribution in [0.25, 0.3) is 5.82 Å². The van der Waals surface area contributed by atoms with Gasteiger partial charge in [-0.25, -0.2) is 14.6 Å². The van der Waals surface area contributed by atoms with Gasteiger partial charge in [0.15, 0.2) is 5.82 Å². The van der Waals surface area contributed by atoms with Crippen molar-refractivity contribution in [3.05, 3.63) is 59.9 Å². The molecule has 1 aliphatic rings. The van der Waals surface area contributed by atoms with E-state index in [0.29, 0.717) is 12.4 Å². The Bertz CT molecular complexity index is 947. The average Bonchev–Trinajstić information content (AvgIpc) is 3.23. The van der Waals surface area contributed by atoms with Crippen LogP contribution in [0.15, 0.2) is 42.9 Å². The Morgan fingerprint density at radius 1 is 1.03 bits per heavy atom. The average molecular weight is 403 g/mol. The summed E-state index contributed by atoms with van der Waals surface area (Å²) in [6.07, 6.45) is 0.432. The fourth-order valence-electron chi connectivity index (χ4n) is 3.30. The van der Waals surface area contributed by atoms with Gasteiger partial charge in [-0.2, -0.15) is 18.3 Å². The van der Waals surface area contributed by atoms with Crippen molar-refractivity contribution in [2.24, 2.45) is 0 Å². The molecule has 0 unspecified atom stereocenters. The summed E-state index contributed by atoms with van der Waals surface area (Å²) >= 11 is 0. The number of aryl methyl sites for hydroxylation is 1. The van der Waals surface area contributed by atoms with Gasteiger partial charge in [-0.15, -0.1) is 0 Å². The third kappa shape index (κ3) is 4.53. The molecule has 4 rings (SSSR count). The van der Waals surface area contributed by atoms with Crippen molar-refractivity contribution < 1.29 is 13.2 Å². The largest absolute Gasteiger partial charge is 0.433 e. The molecular formula is C19H20F3N7. The van der Waals surface area contributed by atoms with Crippen LogP contribution in [0.4, 0.5) is 19.0 Å². The highest BCUT2D eigenvalue weighted by Crippen LogP contribution is 2.27. The number of piperazine rings is 1. The Balaban J connectivity index is 1.38. The second kappa shape index (κ2) is 7.78. The van der Waals surface area contributed by atoms with E-state index in [2.05, 4.69) is 29.9 Å². The second-order valence-electron chi connectivity index (χ2n) is 6.89. The number of hydrogen-bond donors (Lipinski definition) is 0. The van der Waals surface area contributed by atoms with E-state index in [1.165, 1.54) is 12.3 Å². The molecule has 1 saturated heterocycles. The fraction of sp³-hybridized carbons (Fsp3) is 0.368. The van der Waals surface area contributed by atoms with Crippen LogP contribution in [0.2, 0.25) is 0 Å². The van der Waals surface area contributed by atoms with Crippen molar-refractivity contribution in [2.75, 3.05) is 31.1 Å². The molecule has 0 amide bonds. The number of hydrogen-bond acceptors (Lipinski definition) is 6. The van der Waals surface area contributed by atoms with Gasteiger partial charge in [0.05, 0.1) is 0 Å². The van der Waals surface area contributed by atoms with Crippen LogP contribution in [-0.2, 0) is 12.7 Å². The standard InChI is InChI=1S/C19H20F3N7/c1-14-25-17(11-18(26-14)29-6-2-5-24-29)28-9-7-27(8-10-28)13-15-3-4-16(23-12-15)19(20,21)22/h2-6,11-12H,7-10,13H2,1H3. The van der Waals surface area contributed by atoms with Crippen LogP contribution in [-0.4, -0.2) is 55.8 Å². The SMILES string of the molecule is Cc1nc(N2CCN(Cc3ccc(C(F)(F)F)nc3)CC2)cc(-n2cccn2)n1. The quantitative estimate of drug-likeness (QED) is 0.668. The fourth-order valence-corrected chi connectivity index (χ4v) is 3.30. The first-order valence-corrected chi connectivity index (χ1v) is 9.23. The molecule has 0 aromatic carbocycles. The van der Waals surface area contributed by atoms with Gasteiger partial charge in [0.1, 0.15) is 17.3 Å². The summed E-state index contributed by atoms with van der Waals surface area (Å²) in [4.78, 5) is 16.9. The predicted molar refractivity (Wildman–Crippen MR) is 101 cm³/mol. The third-order valence-electron chi connectivity index (χ3n) is 4.77. The molecule has 0 bridgehead atoms. The minimum atomic E-state index is -4.41. The van der Waals surface area contributed by atoms with Gasteiger partial charge in [0, 0.05) is 57.4 Å². The number of alkyl halides is 3. The Labute approximate surface area is 165 Å². The monoisotopic (exact) mass is 403 g/mol. The minimum Gasteiger partial charge on any atom is -0.354 e. The third-order valence-corrected chi connectivity index (χ3v) is 4.77. The van der Waals surface area contributed by atoms with E-state index in [-0.39, 0.29) is 0 Å². The molecule has 0 aliphatic carbocycles. The number of pyridine rings is 1. The topological polar surface area (TPSA) is 63.0 Å². The highest BCUT2D eigenvalue weighted by Gasteiger charge is 2.32. The van der Waals surface area contributed by atoms with E-state index < -0.39 is 11.9 Å². The number of anilines is 1. The van der Waals surface area contributed by atoms with E-state index in [1.807, 2.05) is 25.3 Å². The lowest BCUT2D eigenvalue weighted by Crippen LogP contribution is -2.46. The highest BCUT2D eigenvalue weighted by atomic mass is 19.4. The molecule has 4 heterocycles. The van der Waals surface area contributed by atoms with Crippen molar-refractivity contribution in [2.45, 2.75) is 19.6 Å². The second-order valence-corrected chi connectivity index (χ2v) is 6.89. The smallest absolute Gasteiger partial charge is 0.354 e. The van der Waals surface area contributed by atoms with E-state index in [9.17, 15) is 13.2 Å². The van der Waals surface area contributed by atoms with E-state index in [1.54, 1.807) is 10.9 Å². The maximum atomic E-state index is 12.6. The Hall–Kier alpha value is -3.01. The molecule has 152 valence electrons. The Morgan fingerprint density at radius 3 is 2.41 bits per heavy atom. The molecule has 29 heavy (non-hydrogen) atoms. The minimum absolute atomic E-state index is 0.570. The lowest BCUT2D eigenvalue weighted by Gasteiger charge is -2.35. The molecule has 3 aromatic heterocycles. The zero-order valence-electron chi connectivity index (χ0n) is 15.8. The van der Waals surface area contributed by atoms with Crippen molar-refractivity contribution in [3.8, 4) is 5.82 Å². The highest BCUT2D eigenvalue weighted by molar-refractivity contribution is 5.44. The molecule has 0 atom stereocenters. The first kappa shape index (κ1) is 19.3. The summed E-state index contributed by atoms with van der Waals surface area (Å²) in [5.41, 5.74) is -0.0940. The summed E-state index contributed by atoms with van der Waals surface area (Å²) in [5, 5.41) is 4.22. The van der Waals surface area contributed by atoms with Gasteiger partial charge in [-0.3, -0.25) is 9.88 Å². The maximum absolute atomic E-state index is 12.6. The van der Waals surface area contributed by atoms with Gasteiger partial charge < -0.3 is 4.90 Å². The Morgan fingerprint density at radius 2 is 1.79 bits per heavy atom. The van der Waals surface area contributed by atoms with Crippen LogP contribution in [0, 0.1) is 6.92 Å². The van der Waals surface area contributed by atoms with Crippen LogP contribution in [0.5, 0.6) is 0 Å². The van der Waals surface area contributed by atoms with E-state index in [4.69, 9.17) is 0 Å². The zero-order chi connectivity index (χ0) is 20.4. The number of aromatic nitrogens is 5. The summed E-state index contributed by atoms with van der Waals surface area (Å²) < 4.78 is 39.6. The molecule has 7 nitrogen and oxygen atoms in total. The van der Waals surface area contributed by atoms with Crippen molar-refractivity contribution in [3.63, 3.8) is 0 Å². The van der Waals surface area contributed by atoms with Crippen molar-refractivity contribution in [1.82, 2.24) is 29.6 Å². The molecule has 0 radical (unpaired) electrons. The molecule has 0 N–H and O–H groups in total. The maximum Gasteiger partial charge on any atom is 0.433 e. The molecule has 3 aromatic rings. The summed E-state index contributed by atoms with van der Waals surface area (Å²) in [7, 11) is 0. The lowest BCUT2D eigenvalue weighted by atomic mass is 10.2. The number of halogens is 3. The molecule has 10 heteroatoms. The first-order valence-electron chi connectivity index (χ1n) is 9.23. The Kier molecular flexibility index (Phi) is 5.18.